The second-order valence-electron chi connectivity index (χ2n) is 8.69. The van der Waals surface area contributed by atoms with E-state index in [2.05, 4.69) is 10.6 Å². The molecule has 0 radical (unpaired) electrons. The van der Waals surface area contributed by atoms with E-state index in [4.69, 9.17) is 10.5 Å². The maximum atomic E-state index is 13.9. The summed E-state index contributed by atoms with van der Waals surface area (Å²) in [6, 6.07) is 9.71. The van der Waals surface area contributed by atoms with Crippen LogP contribution in [0.5, 0.6) is 5.75 Å². The number of anilines is 2. The standard InChI is InChI=1S/C23H21N5O7/c1-35-16-8-6-11(28(33)34)10-15(16)27-20(30)18-14(7-9-17(24)29)26-23(19(18)21(27)31)12-4-2-3-5-13(12)25-22(23)32/h2-6,8,10,14,18-19,26H,7,9H2,1H3,(H2,24,29)(H,25,32)/t14-,18-,19-,23-/m0/s1. The van der Waals surface area contributed by atoms with Crippen molar-refractivity contribution in [3.05, 3.63) is 58.1 Å². The Balaban J connectivity index is 1.67. The van der Waals surface area contributed by atoms with Crippen LogP contribution in [0, 0.1) is 22.0 Å². The van der Waals surface area contributed by atoms with Gasteiger partial charge in [-0.15, -0.1) is 0 Å². The van der Waals surface area contributed by atoms with Crippen LogP contribution in [0.4, 0.5) is 17.1 Å². The van der Waals surface area contributed by atoms with Gasteiger partial charge in [-0.2, -0.15) is 0 Å². The number of nitrogens with one attached hydrogen (secondary N) is 2. The second kappa shape index (κ2) is 7.87. The van der Waals surface area contributed by atoms with Gasteiger partial charge >= 0.3 is 0 Å². The van der Waals surface area contributed by atoms with Gasteiger partial charge in [-0.05, 0) is 18.6 Å². The lowest BCUT2D eigenvalue weighted by atomic mass is 9.76. The number of carbonyl (C=O) groups is 4. The van der Waals surface area contributed by atoms with E-state index in [0.29, 0.717) is 11.3 Å². The van der Waals surface area contributed by atoms with Gasteiger partial charge in [-0.3, -0.25) is 34.6 Å². The average Bonchev–Trinajstić information content (AvgIpc) is 3.41. The van der Waals surface area contributed by atoms with Gasteiger partial charge in [0.1, 0.15) is 17.0 Å². The van der Waals surface area contributed by atoms with Crippen LogP contribution >= 0.6 is 0 Å². The number of benzene rings is 2. The first-order valence-electron chi connectivity index (χ1n) is 10.9. The number of amides is 4. The highest BCUT2D eigenvalue weighted by Crippen LogP contribution is 2.54. The quantitative estimate of drug-likeness (QED) is 0.310. The van der Waals surface area contributed by atoms with E-state index in [1.54, 1.807) is 24.3 Å². The Bertz CT molecular complexity index is 1310. The lowest BCUT2D eigenvalue weighted by Gasteiger charge is -2.29. The Morgan fingerprint density at radius 2 is 1.94 bits per heavy atom. The molecule has 12 heteroatoms. The van der Waals surface area contributed by atoms with Crippen molar-refractivity contribution in [1.29, 1.82) is 0 Å². The van der Waals surface area contributed by atoms with Gasteiger partial charge < -0.3 is 15.8 Å². The van der Waals surface area contributed by atoms with Gasteiger partial charge in [-0.25, -0.2) is 4.90 Å². The topological polar surface area (TPSA) is 174 Å². The molecule has 35 heavy (non-hydrogen) atoms. The Hall–Kier alpha value is -4.32. The fraction of sp³-hybridized carbons (Fsp3) is 0.304. The van der Waals surface area contributed by atoms with Crippen LogP contribution in [-0.4, -0.2) is 41.7 Å². The molecule has 0 aliphatic carbocycles. The molecule has 4 N–H and O–H groups in total. The number of rotatable bonds is 6. The predicted molar refractivity (Wildman–Crippen MR) is 121 cm³/mol. The lowest BCUT2D eigenvalue weighted by Crippen LogP contribution is -2.53. The predicted octanol–water partition coefficient (Wildman–Crippen LogP) is 0.794. The van der Waals surface area contributed by atoms with Crippen molar-refractivity contribution in [2.24, 2.45) is 17.6 Å². The van der Waals surface area contributed by atoms with Crippen molar-refractivity contribution in [2.75, 3.05) is 17.3 Å². The van der Waals surface area contributed by atoms with Crippen LogP contribution in [0.15, 0.2) is 42.5 Å². The number of imide groups is 1. The molecule has 0 bridgehead atoms. The normalized spacial score (nSPS) is 26.6. The summed E-state index contributed by atoms with van der Waals surface area (Å²) in [5, 5.41) is 17.4. The molecule has 2 saturated heterocycles. The third kappa shape index (κ3) is 3.10. The maximum Gasteiger partial charge on any atom is 0.271 e. The van der Waals surface area contributed by atoms with Crippen LogP contribution in [-0.2, 0) is 24.7 Å². The number of hydrogen-bond acceptors (Lipinski definition) is 8. The minimum Gasteiger partial charge on any atom is -0.495 e. The number of nitro groups is 1. The molecule has 2 aromatic carbocycles. The van der Waals surface area contributed by atoms with Crippen molar-refractivity contribution in [1.82, 2.24) is 5.32 Å². The molecule has 0 unspecified atom stereocenters. The smallest absolute Gasteiger partial charge is 0.271 e. The average molecular weight is 479 g/mol. The van der Waals surface area contributed by atoms with Gasteiger partial charge in [0.2, 0.25) is 23.6 Å². The molecule has 4 amide bonds. The number of nitrogens with two attached hydrogens (primary N) is 1. The van der Waals surface area contributed by atoms with Crippen molar-refractivity contribution in [2.45, 2.75) is 24.4 Å². The van der Waals surface area contributed by atoms with E-state index in [0.717, 1.165) is 11.0 Å². The number of fused-ring (bicyclic) bond motifs is 4. The van der Waals surface area contributed by atoms with Crippen LogP contribution < -0.4 is 26.0 Å². The molecule has 0 saturated carbocycles. The first-order valence-corrected chi connectivity index (χ1v) is 10.9. The molecule has 3 aliphatic rings. The monoisotopic (exact) mass is 479 g/mol. The summed E-state index contributed by atoms with van der Waals surface area (Å²) in [5.74, 6) is -4.50. The van der Waals surface area contributed by atoms with E-state index in [9.17, 15) is 29.3 Å². The number of primary amides is 1. The first-order chi connectivity index (χ1) is 16.7. The number of ether oxygens (including phenoxy) is 1. The fourth-order valence-corrected chi connectivity index (χ4v) is 5.51. The van der Waals surface area contributed by atoms with Gasteiger partial charge in [0.15, 0.2) is 0 Å². The zero-order valence-electron chi connectivity index (χ0n) is 18.5. The van der Waals surface area contributed by atoms with E-state index in [-0.39, 0.29) is 30.0 Å². The summed E-state index contributed by atoms with van der Waals surface area (Å²) < 4.78 is 5.29. The zero-order chi connectivity index (χ0) is 25.1. The first kappa shape index (κ1) is 22.5. The summed E-state index contributed by atoms with van der Waals surface area (Å²) in [5.41, 5.74) is 4.38. The molecule has 3 aliphatic heterocycles. The highest BCUT2D eigenvalue weighted by atomic mass is 16.6. The number of nitrogens with zero attached hydrogens (tertiary/aromatic N) is 2. The van der Waals surface area contributed by atoms with Crippen molar-refractivity contribution in [3.63, 3.8) is 0 Å². The fourth-order valence-electron chi connectivity index (χ4n) is 5.51. The molecule has 2 fully saturated rings. The third-order valence-electron chi connectivity index (χ3n) is 6.94. The molecule has 5 rings (SSSR count). The number of para-hydroxylation sites is 1. The molecular weight excluding hydrogens is 458 g/mol. The Labute approximate surface area is 198 Å². The van der Waals surface area contributed by atoms with E-state index < -0.39 is 52.0 Å². The summed E-state index contributed by atoms with van der Waals surface area (Å²) in [7, 11) is 1.32. The van der Waals surface area contributed by atoms with Crippen LogP contribution in [0.1, 0.15) is 18.4 Å². The third-order valence-corrected chi connectivity index (χ3v) is 6.94. The van der Waals surface area contributed by atoms with E-state index >= 15 is 0 Å². The number of hydrogen-bond donors (Lipinski definition) is 3. The van der Waals surface area contributed by atoms with Gasteiger partial charge in [0.05, 0.1) is 23.9 Å². The second-order valence-corrected chi connectivity index (χ2v) is 8.69. The molecule has 0 aromatic heterocycles. The molecular formula is C23H21N5O7. The molecule has 4 atom stereocenters. The Kier molecular flexibility index (Phi) is 5.06. The number of non-ortho nitro benzene ring substituents is 1. The minimum atomic E-state index is -1.56. The van der Waals surface area contributed by atoms with Crippen LogP contribution in [0.2, 0.25) is 0 Å². The SMILES string of the molecule is COc1ccc([N+](=O)[O-])cc1N1C(=O)[C@H]2[C@H](CCC(N)=O)N[C@]3(C(=O)Nc4ccccc43)[C@@H]2C1=O. The highest BCUT2D eigenvalue weighted by molar-refractivity contribution is 6.26. The van der Waals surface area contributed by atoms with Gasteiger partial charge in [0, 0.05) is 35.8 Å². The Morgan fingerprint density at radius 3 is 2.63 bits per heavy atom. The molecule has 1 spiro atoms. The summed E-state index contributed by atoms with van der Waals surface area (Å²) in [6.45, 7) is 0. The van der Waals surface area contributed by atoms with Crippen LogP contribution in [0.3, 0.4) is 0 Å². The summed E-state index contributed by atoms with van der Waals surface area (Å²) >= 11 is 0. The Morgan fingerprint density at radius 1 is 1.20 bits per heavy atom. The van der Waals surface area contributed by atoms with E-state index in [1.807, 2.05) is 0 Å². The lowest BCUT2D eigenvalue weighted by molar-refractivity contribution is -0.384. The molecule has 3 heterocycles. The molecule has 12 nitrogen and oxygen atoms in total. The molecule has 2 aromatic rings. The highest BCUT2D eigenvalue weighted by Gasteiger charge is 2.70. The van der Waals surface area contributed by atoms with E-state index in [1.165, 1.54) is 19.2 Å². The number of methoxy groups -OCH3 is 1. The summed E-state index contributed by atoms with van der Waals surface area (Å²) in [4.78, 5) is 64.2. The van der Waals surface area contributed by atoms with Crippen molar-refractivity contribution < 1.29 is 28.8 Å². The number of nitro benzene ring substituents is 1. The van der Waals surface area contributed by atoms with Crippen molar-refractivity contribution in [3.8, 4) is 5.75 Å². The van der Waals surface area contributed by atoms with Gasteiger partial charge in [0.25, 0.3) is 5.69 Å². The molecule has 180 valence electrons. The maximum absolute atomic E-state index is 13.9. The minimum absolute atomic E-state index is 0.0676. The zero-order valence-corrected chi connectivity index (χ0v) is 18.5. The van der Waals surface area contributed by atoms with Gasteiger partial charge in [-0.1, -0.05) is 18.2 Å². The van der Waals surface area contributed by atoms with Crippen molar-refractivity contribution >= 4 is 40.7 Å². The largest absolute Gasteiger partial charge is 0.495 e. The summed E-state index contributed by atoms with van der Waals surface area (Å²) in [6.07, 6.45) is 0.0501. The number of carbonyl (C=O) groups excluding carboxylic acids is 4. The van der Waals surface area contributed by atoms with Crippen LogP contribution in [0.25, 0.3) is 0 Å².